The van der Waals surface area contributed by atoms with Gasteiger partial charge >= 0.3 is 0 Å². The molecule has 3 aromatic rings. The molecule has 0 spiro atoms. The van der Waals surface area contributed by atoms with Gasteiger partial charge in [0.1, 0.15) is 0 Å². The molecule has 0 aliphatic carbocycles. The lowest BCUT2D eigenvalue weighted by Crippen LogP contribution is -2.30. The number of halogens is 1. The van der Waals surface area contributed by atoms with Crippen molar-refractivity contribution >= 4 is 29.3 Å². The third-order valence-corrected chi connectivity index (χ3v) is 5.37. The quantitative estimate of drug-likeness (QED) is 0.652. The summed E-state index contributed by atoms with van der Waals surface area (Å²) in [7, 11) is 1.87. The van der Waals surface area contributed by atoms with Crippen LogP contribution in [0.15, 0.2) is 59.8 Å². The molecule has 1 aromatic heterocycles. The van der Waals surface area contributed by atoms with E-state index in [1.54, 1.807) is 0 Å². The van der Waals surface area contributed by atoms with Crippen molar-refractivity contribution in [2.24, 2.45) is 7.05 Å². The van der Waals surface area contributed by atoms with Crippen LogP contribution >= 0.6 is 23.4 Å². The van der Waals surface area contributed by atoms with Crippen LogP contribution in [0.4, 0.5) is 0 Å². The molecule has 26 heavy (non-hydrogen) atoms. The number of nitrogens with one attached hydrogen (secondary N) is 1. The molecule has 0 aliphatic heterocycles. The van der Waals surface area contributed by atoms with Crippen molar-refractivity contribution in [1.29, 1.82) is 0 Å². The number of carbonyl (C=O) groups excluding carboxylic acids is 1. The second kappa shape index (κ2) is 8.38. The Kier molecular flexibility index (Phi) is 5.96. The molecule has 1 atom stereocenters. The number of carbonyl (C=O) groups is 1. The first kappa shape index (κ1) is 18.5. The van der Waals surface area contributed by atoms with Crippen molar-refractivity contribution in [3.05, 3.63) is 65.2 Å². The summed E-state index contributed by atoms with van der Waals surface area (Å²) in [6.45, 7) is 2.36. The zero-order valence-electron chi connectivity index (χ0n) is 14.5. The predicted octanol–water partition coefficient (Wildman–Crippen LogP) is 3.93. The van der Waals surface area contributed by atoms with Crippen LogP contribution in [0, 0.1) is 0 Å². The lowest BCUT2D eigenvalue weighted by Gasteiger charge is -2.12. The number of nitrogens with zero attached hydrogens (tertiary/aromatic N) is 3. The molecule has 0 saturated carbocycles. The third-order valence-electron chi connectivity index (χ3n) is 3.91. The maximum atomic E-state index is 12.4. The Balaban J connectivity index is 1.65. The van der Waals surface area contributed by atoms with E-state index < -0.39 is 0 Å². The Labute approximate surface area is 161 Å². The molecular formula is C19H19ClN4OS. The van der Waals surface area contributed by atoms with Gasteiger partial charge in [0, 0.05) is 19.2 Å². The monoisotopic (exact) mass is 386 g/mol. The molecule has 134 valence electrons. The van der Waals surface area contributed by atoms with Crippen LogP contribution in [0.2, 0.25) is 5.02 Å². The fourth-order valence-electron chi connectivity index (χ4n) is 2.44. The molecular weight excluding hydrogens is 368 g/mol. The molecule has 7 heteroatoms. The number of hydrogen-bond donors (Lipinski definition) is 1. The van der Waals surface area contributed by atoms with Gasteiger partial charge in [0.25, 0.3) is 0 Å². The van der Waals surface area contributed by atoms with E-state index in [0.29, 0.717) is 22.5 Å². The van der Waals surface area contributed by atoms with Gasteiger partial charge in [-0.05, 0) is 24.6 Å². The SMILES string of the molecule is C[C@H](Sc1nnc(-c2ccccc2Cl)n1C)C(=O)NCc1ccccc1. The largest absolute Gasteiger partial charge is 0.351 e. The van der Waals surface area contributed by atoms with Gasteiger partial charge in [-0.15, -0.1) is 10.2 Å². The van der Waals surface area contributed by atoms with Gasteiger partial charge in [-0.3, -0.25) is 4.79 Å². The average Bonchev–Trinajstić information content (AvgIpc) is 3.01. The van der Waals surface area contributed by atoms with Crippen molar-refractivity contribution in [2.45, 2.75) is 23.9 Å². The van der Waals surface area contributed by atoms with Crippen LogP contribution < -0.4 is 5.32 Å². The van der Waals surface area contributed by atoms with E-state index >= 15 is 0 Å². The van der Waals surface area contributed by atoms with Gasteiger partial charge in [0.2, 0.25) is 5.91 Å². The van der Waals surface area contributed by atoms with Gasteiger partial charge in [-0.2, -0.15) is 0 Å². The highest BCUT2D eigenvalue weighted by Crippen LogP contribution is 2.29. The minimum Gasteiger partial charge on any atom is -0.351 e. The van der Waals surface area contributed by atoms with Crippen LogP contribution in [0.1, 0.15) is 12.5 Å². The van der Waals surface area contributed by atoms with E-state index in [2.05, 4.69) is 15.5 Å². The highest BCUT2D eigenvalue weighted by Gasteiger charge is 2.19. The number of rotatable bonds is 6. The number of benzene rings is 2. The maximum absolute atomic E-state index is 12.4. The summed E-state index contributed by atoms with van der Waals surface area (Å²) in [6, 6.07) is 17.3. The maximum Gasteiger partial charge on any atom is 0.233 e. The molecule has 5 nitrogen and oxygen atoms in total. The Bertz CT molecular complexity index is 898. The standard InChI is InChI=1S/C19H19ClN4OS/c1-13(18(25)21-12-14-8-4-3-5-9-14)26-19-23-22-17(24(19)2)15-10-6-7-11-16(15)20/h3-11,13H,12H2,1-2H3,(H,21,25)/t13-/m0/s1. The summed E-state index contributed by atoms with van der Waals surface area (Å²) in [5, 5.41) is 12.4. The van der Waals surface area contributed by atoms with Crippen molar-refractivity contribution < 1.29 is 4.79 Å². The molecule has 1 heterocycles. The summed E-state index contributed by atoms with van der Waals surface area (Å²) in [5.41, 5.74) is 1.88. The molecule has 0 bridgehead atoms. The van der Waals surface area contributed by atoms with Crippen LogP contribution in [-0.4, -0.2) is 25.9 Å². The van der Waals surface area contributed by atoms with Crippen LogP contribution in [-0.2, 0) is 18.4 Å². The van der Waals surface area contributed by atoms with Gasteiger partial charge < -0.3 is 9.88 Å². The number of hydrogen-bond acceptors (Lipinski definition) is 4. The van der Waals surface area contributed by atoms with Crippen molar-refractivity contribution in [1.82, 2.24) is 20.1 Å². The van der Waals surface area contributed by atoms with Gasteiger partial charge in [-0.25, -0.2) is 0 Å². The van der Waals surface area contributed by atoms with E-state index in [9.17, 15) is 4.79 Å². The summed E-state index contributed by atoms with van der Waals surface area (Å²) < 4.78 is 1.85. The topological polar surface area (TPSA) is 59.8 Å². The first-order chi connectivity index (χ1) is 12.6. The zero-order valence-corrected chi connectivity index (χ0v) is 16.1. The van der Waals surface area contributed by atoms with Crippen molar-refractivity contribution in [3.8, 4) is 11.4 Å². The van der Waals surface area contributed by atoms with Gasteiger partial charge in [0.05, 0.1) is 10.3 Å². The molecule has 0 saturated heterocycles. The highest BCUT2D eigenvalue weighted by molar-refractivity contribution is 8.00. The normalized spacial score (nSPS) is 12.0. The minimum absolute atomic E-state index is 0.0406. The number of aromatic nitrogens is 3. The molecule has 0 fully saturated rings. The summed E-state index contributed by atoms with van der Waals surface area (Å²) >= 11 is 7.61. The van der Waals surface area contributed by atoms with Gasteiger partial charge in [0.15, 0.2) is 11.0 Å². The third kappa shape index (κ3) is 4.26. The average molecular weight is 387 g/mol. The van der Waals surface area contributed by atoms with E-state index in [1.807, 2.05) is 73.1 Å². The second-order valence-corrected chi connectivity index (χ2v) is 7.52. The van der Waals surface area contributed by atoms with E-state index in [-0.39, 0.29) is 11.2 Å². The molecule has 1 amide bonds. The van der Waals surface area contributed by atoms with E-state index in [1.165, 1.54) is 11.8 Å². The zero-order chi connectivity index (χ0) is 18.5. The van der Waals surface area contributed by atoms with Crippen LogP contribution in [0.3, 0.4) is 0 Å². The first-order valence-corrected chi connectivity index (χ1v) is 9.44. The predicted molar refractivity (Wildman–Crippen MR) is 105 cm³/mol. The fourth-order valence-corrected chi connectivity index (χ4v) is 3.49. The molecule has 0 aliphatic rings. The molecule has 0 radical (unpaired) electrons. The highest BCUT2D eigenvalue weighted by atomic mass is 35.5. The summed E-state index contributed by atoms with van der Waals surface area (Å²) in [5.74, 6) is 0.635. The van der Waals surface area contributed by atoms with Crippen LogP contribution in [0.25, 0.3) is 11.4 Å². The molecule has 2 aromatic carbocycles. The molecule has 3 rings (SSSR count). The summed E-state index contributed by atoms with van der Waals surface area (Å²) in [6.07, 6.45) is 0. The second-order valence-electron chi connectivity index (χ2n) is 5.81. The first-order valence-electron chi connectivity index (χ1n) is 8.19. The fraction of sp³-hybridized carbons (Fsp3) is 0.211. The van der Waals surface area contributed by atoms with E-state index in [0.717, 1.165) is 11.1 Å². The number of thioether (sulfide) groups is 1. The summed E-state index contributed by atoms with van der Waals surface area (Å²) in [4.78, 5) is 12.4. The van der Waals surface area contributed by atoms with E-state index in [4.69, 9.17) is 11.6 Å². The molecule has 1 N–H and O–H groups in total. The smallest absolute Gasteiger partial charge is 0.233 e. The Morgan fingerprint density at radius 2 is 1.85 bits per heavy atom. The molecule has 0 unspecified atom stereocenters. The van der Waals surface area contributed by atoms with Crippen molar-refractivity contribution in [3.63, 3.8) is 0 Å². The lowest BCUT2D eigenvalue weighted by atomic mass is 10.2. The Hall–Kier alpha value is -2.31. The minimum atomic E-state index is -0.291. The van der Waals surface area contributed by atoms with Crippen molar-refractivity contribution in [2.75, 3.05) is 0 Å². The number of amides is 1. The van der Waals surface area contributed by atoms with Gasteiger partial charge in [-0.1, -0.05) is 65.8 Å². The Morgan fingerprint density at radius 3 is 2.58 bits per heavy atom. The Morgan fingerprint density at radius 1 is 1.15 bits per heavy atom. The van der Waals surface area contributed by atoms with Crippen LogP contribution in [0.5, 0.6) is 0 Å². The lowest BCUT2D eigenvalue weighted by molar-refractivity contribution is -0.120.